The third-order valence-electron chi connectivity index (χ3n) is 3.44. The van der Waals surface area contributed by atoms with Crippen molar-refractivity contribution in [2.24, 2.45) is 0 Å². The standard InChI is InChI=1S/C14H18N2O/c1-4-16-9-8-12-6-5-7-13(10-14(12)16)15(3)11(2)17/h4-6,8-9,13H,1,7,10H2,2-3H3. The van der Waals surface area contributed by atoms with E-state index in [1.807, 2.05) is 28.9 Å². The average molecular weight is 230 g/mol. The van der Waals surface area contributed by atoms with Crippen LogP contribution < -0.4 is 0 Å². The quantitative estimate of drug-likeness (QED) is 0.766. The van der Waals surface area contributed by atoms with Gasteiger partial charge in [0.1, 0.15) is 0 Å². The van der Waals surface area contributed by atoms with Crippen LogP contribution in [0.5, 0.6) is 0 Å². The first-order chi connectivity index (χ1) is 8.13. The summed E-state index contributed by atoms with van der Waals surface area (Å²) in [6.07, 6.45) is 9.87. The topological polar surface area (TPSA) is 25.2 Å². The zero-order valence-electron chi connectivity index (χ0n) is 10.4. The molecule has 0 saturated heterocycles. The normalized spacial score (nSPS) is 18.4. The van der Waals surface area contributed by atoms with Crippen molar-refractivity contribution in [1.82, 2.24) is 9.47 Å². The second-order valence-electron chi connectivity index (χ2n) is 4.43. The van der Waals surface area contributed by atoms with Crippen molar-refractivity contribution >= 4 is 18.2 Å². The largest absolute Gasteiger partial charge is 0.342 e. The summed E-state index contributed by atoms with van der Waals surface area (Å²) in [4.78, 5) is 13.3. The Kier molecular flexibility index (Phi) is 3.18. The van der Waals surface area contributed by atoms with Crippen LogP contribution in [0.15, 0.2) is 24.9 Å². The summed E-state index contributed by atoms with van der Waals surface area (Å²) >= 11 is 0. The van der Waals surface area contributed by atoms with E-state index in [-0.39, 0.29) is 11.9 Å². The number of likely N-dealkylation sites (N-methyl/N-ethyl adjacent to an activating group) is 1. The molecular formula is C14H18N2O. The number of carbonyl (C=O) groups excluding carboxylic acids is 1. The van der Waals surface area contributed by atoms with Gasteiger partial charge in [-0.1, -0.05) is 18.7 Å². The molecule has 90 valence electrons. The van der Waals surface area contributed by atoms with E-state index in [0.717, 1.165) is 12.8 Å². The van der Waals surface area contributed by atoms with Crippen LogP contribution >= 0.6 is 0 Å². The highest BCUT2D eigenvalue weighted by atomic mass is 16.2. The molecule has 0 N–H and O–H groups in total. The number of fused-ring (bicyclic) bond motifs is 1. The van der Waals surface area contributed by atoms with E-state index in [0.29, 0.717) is 0 Å². The smallest absolute Gasteiger partial charge is 0.219 e. The van der Waals surface area contributed by atoms with Gasteiger partial charge in [-0.25, -0.2) is 0 Å². The highest BCUT2D eigenvalue weighted by Crippen LogP contribution is 2.22. The summed E-state index contributed by atoms with van der Waals surface area (Å²) in [6.45, 7) is 5.42. The molecule has 0 aliphatic heterocycles. The molecule has 0 saturated carbocycles. The molecule has 1 aliphatic carbocycles. The average Bonchev–Trinajstić information content (AvgIpc) is 2.57. The summed E-state index contributed by atoms with van der Waals surface area (Å²) in [5, 5.41) is 0. The molecule has 0 bridgehead atoms. The van der Waals surface area contributed by atoms with Crippen LogP contribution in [0.3, 0.4) is 0 Å². The predicted molar refractivity (Wildman–Crippen MR) is 70.4 cm³/mol. The molecule has 17 heavy (non-hydrogen) atoms. The molecule has 0 spiro atoms. The van der Waals surface area contributed by atoms with Crippen LogP contribution in [0.25, 0.3) is 12.3 Å². The van der Waals surface area contributed by atoms with E-state index in [4.69, 9.17) is 0 Å². The Morgan fingerprint density at radius 1 is 1.65 bits per heavy atom. The zero-order valence-corrected chi connectivity index (χ0v) is 10.4. The molecule has 0 aromatic carbocycles. The maximum Gasteiger partial charge on any atom is 0.219 e. The van der Waals surface area contributed by atoms with Crippen molar-refractivity contribution in [3.05, 3.63) is 36.2 Å². The SMILES string of the molecule is C=Cn1ccc2c1CC(N(C)C(C)=O)CC=C2. The molecule has 1 aliphatic rings. The highest BCUT2D eigenvalue weighted by Gasteiger charge is 2.21. The summed E-state index contributed by atoms with van der Waals surface area (Å²) in [7, 11) is 1.87. The van der Waals surface area contributed by atoms with Crippen LogP contribution in [-0.2, 0) is 11.2 Å². The number of aromatic nitrogens is 1. The number of carbonyl (C=O) groups is 1. The summed E-state index contributed by atoms with van der Waals surface area (Å²) in [5.74, 6) is 0.114. The molecule has 3 nitrogen and oxygen atoms in total. The first-order valence-corrected chi connectivity index (χ1v) is 5.85. The van der Waals surface area contributed by atoms with Crippen molar-refractivity contribution in [2.75, 3.05) is 7.05 Å². The lowest BCUT2D eigenvalue weighted by atomic mass is 10.1. The van der Waals surface area contributed by atoms with Crippen molar-refractivity contribution < 1.29 is 4.79 Å². The van der Waals surface area contributed by atoms with Crippen LogP contribution in [-0.4, -0.2) is 28.5 Å². The second kappa shape index (κ2) is 4.62. The lowest BCUT2D eigenvalue weighted by Gasteiger charge is -2.26. The third kappa shape index (κ3) is 2.18. The zero-order chi connectivity index (χ0) is 12.4. The number of hydrogen-bond donors (Lipinski definition) is 0. The van der Waals surface area contributed by atoms with E-state index < -0.39 is 0 Å². The van der Waals surface area contributed by atoms with Crippen molar-refractivity contribution in [2.45, 2.75) is 25.8 Å². The van der Waals surface area contributed by atoms with Gasteiger partial charge in [-0.05, 0) is 18.1 Å². The summed E-state index contributed by atoms with van der Waals surface area (Å²) in [5.41, 5.74) is 2.45. The monoisotopic (exact) mass is 230 g/mol. The highest BCUT2D eigenvalue weighted by molar-refractivity contribution is 5.73. The Labute approximate surface area is 102 Å². The number of hydrogen-bond acceptors (Lipinski definition) is 1. The van der Waals surface area contributed by atoms with Gasteiger partial charge < -0.3 is 9.47 Å². The maximum absolute atomic E-state index is 11.4. The molecule has 3 heteroatoms. The van der Waals surface area contributed by atoms with Gasteiger partial charge in [0.05, 0.1) is 0 Å². The Hall–Kier alpha value is -1.77. The van der Waals surface area contributed by atoms with E-state index in [1.54, 1.807) is 6.92 Å². The number of nitrogens with zero attached hydrogens (tertiary/aromatic N) is 2. The van der Waals surface area contributed by atoms with E-state index in [9.17, 15) is 4.79 Å². The van der Waals surface area contributed by atoms with E-state index >= 15 is 0 Å². The molecule has 1 atom stereocenters. The van der Waals surface area contributed by atoms with Crippen molar-refractivity contribution in [3.8, 4) is 0 Å². The fourth-order valence-electron chi connectivity index (χ4n) is 2.25. The Morgan fingerprint density at radius 3 is 3.06 bits per heavy atom. The lowest BCUT2D eigenvalue weighted by molar-refractivity contribution is -0.129. The predicted octanol–water partition coefficient (Wildman–Crippen LogP) is 2.39. The minimum atomic E-state index is 0.114. The minimum Gasteiger partial charge on any atom is -0.342 e. The minimum absolute atomic E-state index is 0.114. The molecule has 0 radical (unpaired) electrons. The molecule has 1 aromatic rings. The molecule has 1 amide bonds. The lowest BCUT2D eigenvalue weighted by Crippen LogP contribution is -2.36. The van der Waals surface area contributed by atoms with Crippen LogP contribution in [0, 0.1) is 0 Å². The summed E-state index contributed by atoms with van der Waals surface area (Å²) in [6, 6.07) is 2.32. The second-order valence-corrected chi connectivity index (χ2v) is 4.43. The van der Waals surface area contributed by atoms with Gasteiger partial charge in [0.2, 0.25) is 5.91 Å². The first kappa shape index (κ1) is 11.7. The number of amides is 1. The molecule has 0 fully saturated rings. The fraction of sp³-hybridized carbons (Fsp3) is 0.357. The van der Waals surface area contributed by atoms with Crippen LogP contribution in [0.4, 0.5) is 0 Å². The van der Waals surface area contributed by atoms with Gasteiger partial charge in [0.25, 0.3) is 0 Å². The van der Waals surface area contributed by atoms with Gasteiger partial charge >= 0.3 is 0 Å². The van der Waals surface area contributed by atoms with Gasteiger partial charge in [-0.3, -0.25) is 4.79 Å². The Bertz CT molecular complexity index is 471. The molecular weight excluding hydrogens is 212 g/mol. The van der Waals surface area contributed by atoms with E-state index in [1.165, 1.54) is 11.3 Å². The fourth-order valence-corrected chi connectivity index (χ4v) is 2.25. The van der Waals surface area contributed by atoms with Gasteiger partial charge in [0, 0.05) is 44.5 Å². The van der Waals surface area contributed by atoms with E-state index in [2.05, 4.69) is 24.8 Å². The molecule has 2 rings (SSSR count). The molecule has 1 unspecified atom stereocenters. The first-order valence-electron chi connectivity index (χ1n) is 5.85. The van der Waals surface area contributed by atoms with Crippen LogP contribution in [0.2, 0.25) is 0 Å². The number of rotatable bonds is 2. The summed E-state index contributed by atoms with van der Waals surface area (Å²) < 4.78 is 2.03. The Balaban J connectivity index is 2.31. The van der Waals surface area contributed by atoms with Gasteiger partial charge in [-0.2, -0.15) is 0 Å². The Morgan fingerprint density at radius 2 is 2.41 bits per heavy atom. The van der Waals surface area contributed by atoms with Crippen molar-refractivity contribution in [1.29, 1.82) is 0 Å². The van der Waals surface area contributed by atoms with Gasteiger partial charge in [-0.15, -0.1) is 0 Å². The van der Waals surface area contributed by atoms with Crippen LogP contribution in [0.1, 0.15) is 24.6 Å². The van der Waals surface area contributed by atoms with Gasteiger partial charge in [0.15, 0.2) is 0 Å². The molecule has 1 aromatic heterocycles. The molecule has 1 heterocycles. The maximum atomic E-state index is 11.4. The van der Waals surface area contributed by atoms with Crippen molar-refractivity contribution in [3.63, 3.8) is 0 Å². The third-order valence-corrected chi connectivity index (χ3v) is 3.44.